The quantitative estimate of drug-likeness (QED) is 0.767. The van der Waals surface area contributed by atoms with E-state index in [0.717, 1.165) is 0 Å². The van der Waals surface area contributed by atoms with Crippen LogP contribution in [0.25, 0.3) is 0 Å². The monoisotopic (exact) mass is 313 g/mol. The zero-order valence-electron chi connectivity index (χ0n) is 12.0. The van der Waals surface area contributed by atoms with Gasteiger partial charge in [-0.1, -0.05) is 37.3 Å². The Kier molecular flexibility index (Phi) is 5.48. The fourth-order valence-electron chi connectivity index (χ4n) is 1.74. The number of carboxylic acids is 1. The van der Waals surface area contributed by atoms with Crippen molar-refractivity contribution < 1.29 is 23.1 Å². The SMILES string of the molecule is CCS(=O)(=O)CC(=O)NCC(C)(C(=O)O)c1ccccc1. The van der Waals surface area contributed by atoms with Gasteiger partial charge in [0.1, 0.15) is 11.2 Å². The molecule has 0 spiro atoms. The van der Waals surface area contributed by atoms with Gasteiger partial charge in [-0.15, -0.1) is 0 Å². The zero-order chi connectivity index (χ0) is 16.1. The summed E-state index contributed by atoms with van der Waals surface area (Å²) in [5.41, 5.74) is -0.775. The highest BCUT2D eigenvalue weighted by Gasteiger charge is 2.35. The fourth-order valence-corrected chi connectivity index (χ4v) is 2.44. The van der Waals surface area contributed by atoms with E-state index in [1.54, 1.807) is 30.3 Å². The molecule has 0 aliphatic carbocycles. The van der Waals surface area contributed by atoms with Gasteiger partial charge in [0.2, 0.25) is 5.91 Å². The molecule has 116 valence electrons. The Hall–Kier alpha value is -1.89. The fraction of sp³-hybridized carbons (Fsp3) is 0.429. The van der Waals surface area contributed by atoms with Gasteiger partial charge < -0.3 is 10.4 Å². The van der Waals surface area contributed by atoms with Gasteiger partial charge >= 0.3 is 5.97 Å². The third-order valence-electron chi connectivity index (χ3n) is 3.31. The lowest BCUT2D eigenvalue weighted by molar-refractivity contribution is -0.143. The van der Waals surface area contributed by atoms with Crippen LogP contribution in [-0.4, -0.2) is 43.5 Å². The van der Waals surface area contributed by atoms with E-state index < -0.39 is 32.9 Å². The molecule has 0 aliphatic heterocycles. The third kappa shape index (κ3) is 4.56. The molecule has 0 aromatic heterocycles. The normalized spacial score (nSPS) is 14.2. The van der Waals surface area contributed by atoms with E-state index in [2.05, 4.69) is 5.32 Å². The second-order valence-corrected chi connectivity index (χ2v) is 7.31. The predicted octanol–water partition coefficient (Wildman–Crippen LogP) is 0.580. The summed E-state index contributed by atoms with van der Waals surface area (Å²) < 4.78 is 22.7. The lowest BCUT2D eigenvalue weighted by Gasteiger charge is -2.25. The van der Waals surface area contributed by atoms with Gasteiger partial charge in [-0.05, 0) is 12.5 Å². The van der Waals surface area contributed by atoms with Crippen LogP contribution in [0.1, 0.15) is 19.4 Å². The van der Waals surface area contributed by atoms with Gasteiger partial charge in [-0.25, -0.2) is 8.42 Å². The van der Waals surface area contributed by atoms with Crippen LogP contribution in [0, 0.1) is 0 Å². The van der Waals surface area contributed by atoms with Crippen molar-refractivity contribution in [2.24, 2.45) is 0 Å². The van der Waals surface area contributed by atoms with Crippen molar-refractivity contribution in [1.29, 1.82) is 0 Å². The molecule has 0 saturated carbocycles. The lowest BCUT2D eigenvalue weighted by Crippen LogP contribution is -2.45. The van der Waals surface area contributed by atoms with Gasteiger partial charge in [-0.3, -0.25) is 9.59 Å². The molecule has 6 nitrogen and oxygen atoms in total. The average Bonchev–Trinajstić information content (AvgIpc) is 2.45. The zero-order valence-corrected chi connectivity index (χ0v) is 12.8. The van der Waals surface area contributed by atoms with Crippen LogP contribution in [0.15, 0.2) is 30.3 Å². The Morgan fingerprint density at radius 2 is 1.81 bits per heavy atom. The van der Waals surface area contributed by atoms with Gasteiger partial charge in [0.25, 0.3) is 0 Å². The summed E-state index contributed by atoms with van der Waals surface area (Å²) in [4.78, 5) is 23.1. The molecule has 0 bridgehead atoms. The van der Waals surface area contributed by atoms with E-state index in [4.69, 9.17) is 0 Å². The number of hydrogen-bond acceptors (Lipinski definition) is 4. The summed E-state index contributed by atoms with van der Waals surface area (Å²) in [6.45, 7) is 2.76. The first kappa shape index (κ1) is 17.2. The standard InChI is InChI=1S/C14H19NO5S/c1-3-21(19,20)9-12(16)15-10-14(2,13(17)18)11-7-5-4-6-8-11/h4-8H,3,9-10H2,1-2H3,(H,15,16)(H,17,18). The van der Waals surface area contributed by atoms with Crippen molar-refractivity contribution in [3.63, 3.8) is 0 Å². The van der Waals surface area contributed by atoms with E-state index >= 15 is 0 Å². The van der Waals surface area contributed by atoms with Crippen molar-refractivity contribution in [2.45, 2.75) is 19.3 Å². The van der Waals surface area contributed by atoms with Crippen molar-refractivity contribution >= 4 is 21.7 Å². The first-order valence-electron chi connectivity index (χ1n) is 6.47. The van der Waals surface area contributed by atoms with Crippen LogP contribution in [0.2, 0.25) is 0 Å². The minimum absolute atomic E-state index is 0.130. The van der Waals surface area contributed by atoms with E-state index in [1.165, 1.54) is 13.8 Å². The summed E-state index contributed by atoms with van der Waals surface area (Å²) in [7, 11) is -3.43. The maximum atomic E-state index is 11.6. The molecule has 1 aromatic rings. The van der Waals surface area contributed by atoms with E-state index in [-0.39, 0.29) is 12.3 Å². The molecule has 0 heterocycles. The molecule has 1 amide bonds. The van der Waals surface area contributed by atoms with Crippen molar-refractivity contribution in [1.82, 2.24) is 5.32 Å². The summed E-state index contributed by atoms with van der Waals surface area (Å²) in [6, 6.07) is 8.49. The van der Waals surface area contributed by atoms with Gasteiger partial charge in [-0.2, -0.15) is 0 Å². The number of nitrogens with one attached hydrogen (secondary N) is 1. The van der Waals surface area contributed by atoms with Crippen LogP contribution in [-0.2, 0) is 24.8 Å². The smallest absolute Gasteiger partial charge is 0.315 e. The molecule has 1 atom stereocenters. The minimum Gasteiger partial charge on any atom is -0.481 e. The summed E-state index contributed by atoms with van der Waals surface area (Å²) >= 11 is 0. The highest BCUT2D eigenvalue weighted by molar-refractivity contribution is 7.92. The van der Waals surface area contributed by atoms with Crippen LogP contribution < -0.4 is 5.32 Å². The summed E-state index contributed by atoms with van der Waals surface area (Å²) in [5.74, 6) is -2.55. The summed E-state index contributed by atoms with van der Waals surface area (Å²) in [5, 5.41) is 11.8. The lowest BCUT2D eigenvalue weighted by atomic mass is 9.82. The molecular weight excluding hydrogens is 294 g/mol. The number of sulfone groups is 1. The molecule has 2 N–H and O–H groups in total. The predicted molar refractivity (Wildman–Crippen MR) is 78.8 cm³/mol. The van der Waals surface area contributed by atoms with Gasteiger partial charge in [0.15, 0.2) is 9.84 Å². The average molecular weight is 313 g/mol. The molecule has 0 aliphatic rings. The van der Waals surface area contributed by atoms with Crippen molar-refractivity contribution in [3.8, 4) is 0 Å². The molecule has 0 saturated heterocycles. The largest absolute Gasteiger partial charge is 0.481 e. The molecular formula is C14H19NO5S. The molecule has 1 unspecified atom stereocenters. The number of amides is 1. The number of carbonyl (C=O) groups is 2. The Morgan fingerprint density at radius 1 is 1.24 bits per heavy atom. The molecule has 21 heavy (non-hydrogen) atoms. The number of benzene rings is 1. The van der Waals surface area contributed by atoms with Crippen molar-refractivity contribution in [2.75, 3.05) is 18.1 Å². The number of carbonyl (C=O) groups excluding carboxylic acids is 1. The van der Waals surface area contributed by atoms with Crippen LogP contribution in [0.3, 0.4) is 0 Å². The third-order valence-corrected chi connectivity index (χ3v) is 4.89. The first-order chi connectivity index (χ1) is 9.71. The van der Waals surface area contributed by atoms with Crippen molar-refractivity contribution in [3.05, 3.63) is 35.9 Å². The molecule has 7 heteroatoms. The van der Waals surface area contributed by atoms with E-state index in [0.29, 0.717) is 5.56 Å². The van der Waals surface area contributed by atoms with Crippen LogP contribution in [0.5, 0.6) is 0 Å². The van der Waals surface area contributed by atoms with Crippen LogP contribution >= 0.6 is 0 Å². The Labute approximate surface area is 124 Å². The second-order valence-electron chi connectivity index (χ2n) is 4.96. The number of hydrogen-bond donors (Lipinski definition) is 2. The molecule has 0 radical (unpaired) electrons. The molecule has 1 rings (SSSR count). The highest BCUT2D eigenvalue weighted by Crippen LogP contribution is 2.23. The molecule has 0 fully saturated rings. The van der Waals surface area contributed by atoms with E-state index in [1.807, 2.05) is 0 Å². The Bertz CT molecular complexity index is 612. The molecule has 1 aromatic carbocycles. The minimum atomic E-state index is -3.43. The topological polar surface area (TPSA) is 101 Å². The Morgan fingerprint density at radius 3 is 2.29 bits per heavy atom. The summed E-state index contributed by atoms with van der Waals surface area (Å²) in [6.07, 6.45) is 0. The first-order valence-corrected chi connectivity index (χ1v) is 8.29. The number of aliphatic carboxylic acids is 1. The maximum absolute atomic E-state index is 11.6. The number of carboxylic acid groups (broad SMARTS) is 1. The van der Waals surface area contributed by atoms with Crippen LogP contribution in [0.4, 0.5) is 0 Å². The highest BCUT2D eigenvalue weighted by atomic mass is 32.2. The van der Waals surface area contributed by atoms with Gasteiger partial charge in [0, 0.05) is 12.3 Å². The van der Waals surface area contributed by atoms with Gasteiger partial charge in [0.05, 0.1) is 0 Å². The maximum Gasteiger partial charge on any atom is 0.315 e. The van der Waals surface area contributed by atoms with E-state index in [9.17, 15) is 23.1 Å². The Balaban J connectivity index is 2.82. The number of rotatable bonds is 7. The second kappa shape index (κ2) is 6.71.